The number of hydrogen-bond donors (Lipinski definition) is 0. The van der Waals surface area contributed by atoms with E-state index in [1.54, 1.807) is 24.3 Å². The third-order valence-electron chi connectivity index (χ3n) is 2.20. The molecule has 0 unspecified atom stereocenters. The molecule has 0 radical (unpaired) electrons. The van der Waals surface area contributed by atoms with E-state index >= 15 is 0 Å². The molecule has 17 heavy (non-hydrogen) atoms. The lowest BCUT2D eigenvalue weighted by Gasteiger charge is -2.07. The van der Waals surface area contributed by atoms with Gasteiger partial charge in [-0.1, -0.05) is 39.7 Å². The summed E-state index contributed by atoms with van der Waals surface area (Å²) in [5.74, 6) is -0.142. The lowest BCUT2D eigenvalue weighted by atomic mass is 10.2. The molecule has 88 valence electrons. The van der Waals surface area contributed by atoms with Crippen molar-refractivity contribution in [2.24, 2.45) is 0 Å². The minimum atomic E-state index is -0.381. The van der Waals surface area contributed by atoms with Crippen molar-refractivity contribution in [1.29, 1.82) is 0 Å². The summed E-state index contributed by atoms with van der Waals surface area (Å²) in [4.78, 5) is 0. The van der Waals surface area contributed by atoms with Crippen LogP contribution in [-0.4, -0.2) is 0 Å². The SMILES string of the molecule is Fc1cc(Br)ccc1OCc1ccc(Cl)cc1. The Labute approximate surface area is 112 Å². The van der Waals surface area contributed by atoms with Crippen molar-refractivity contribution in [1.82, 2.24) is 0 Å². The van der Waals surface area contributed by atoms with E-state index in [0.717, 1.165) is 5.56 Å². The maximum atomic E-state index is 13.4. The molecule has 0 aliphatic heterocycles. The largest absolute Gasteiger partial charge is 0.486 e. The van der Waals surface area contributed by atoms with Crippen molar-refractivity contribution >= 4 is 27.5 Å². The first-order valence-corrected chi connectivity index (χ1v) is 6.14. The summed E-state index contributed by atoms with van der Waals surface area (Å²) in [6.45, 7) is 0.315. The van der Waals surface area contributed by atoms with Gasteiger partial charge in [-0.2, -0.15) is 0 Å². The first-order valence-electron chi connectivity index (χ1n) is 4.97. The number of halogens is 3. The van der Waals surface area contributed by atoms with Crippen LogP contribution in [0.1, 0.15) is 5.56 Å². The second-order valence-electron chi connectivity index (χ2n) is 3.49. The Hall–Kier alpha value is -1.06. The minimum absolute atomic E-state index is 0.239. The highest BCUT2D eigenvalue weighted by atomic mass is 79.9. The van der Waals surface area contributed by atoms with Crippen molar-refractivity contribution in [3.8, 4) is 5.75 Å². The standard InChI is InChI=1S/C13H9BrClFO/c14-10-3-6-13(12(16)7-10)17-8-9-1-4-11(15)5-2-9/h1-7H,8H2. The molecule has 0 spiro atoms. The van der Waals surface area contributed by atoms with Crippen LogP contribution in [0.2, 0.25) is 5.02 Å². The molecular weight excluding hydrogens is 306 g/mol. The molecule has 0 atom stereocenters. The Kier molecular flexibility index (Phi) is 4.02. The Morgan fingerprint density at radius 2 is 1.82 bits per heavy atom. The van der Waals surface area contributed by atoms with E-state index in [0.29, 0.717) is 16.1 Å². The summed E-state index contributed by atoms with van der Waals surface area (Å²) in [7, 11) is 0. The van der Waals surface area contributed by atoms with Crippen molar-refractivity contribution in [2.45, 2.75) is 6.61 Å². The van der Waals surface area contributed by atoms with Crippen LogP contribution in [0.25, 0.3) is 0 Å². The van der Waals surface area contributed by atoms with Gasteiger partial charge in [0, 0.05) is 9.50 Å². The van der Waals surface area contributed by atoms with Gasteiger partial charge in [0.05, 0.1) is 0 Å². The summed E-state index contributed by atoms with van der Waals surface area (Å²) < 4.78 is 19.5. The summed E-state index contributed by atoms with van der Waals surface area (Å²) in [5.41, 5.74) is 0.941. The second-order valence-corrected chi connectivity index (χ2v) is 4.84. The fourth-order valence-electron chi connectivity index (χ4n) is 1.33. The maximum absolute atomic E-state index is 13.4. The first kappa shape index (κ1) is 12.4. The third-order valence-corrected chi connectivity index (χ3v) is 2.95. The van der Waals surface area contributed by atoms with E-state index in [1.807, 2.05) is 12.1 Å². The summed E-state index contributed by atoms with van der Waals surface area (Å²) in [5, 5.41) is 0.670. The van der Waals surface area contributed by atoms with Gasteiger partial charge >= 0.3 is 0 Å². The van der Waals surface area contributed by atoms with E-state index < -0.39 is 0 Å². The summed E-state index contributed by atoms with van der Waals surface area (Å²) in [6, 6.07) is 11.9. The van der Waals surface area contributed by atoms with Crippen LogP contribution in [0.4, 0.5) is 4.39 Å². The zero-order chi connectivity index (χ0) is 12.3. The molecule has 2 aromatic carbocycles. The quantitative estimate of drug-likeness (QED) is 0.789. The monoisotopic (exact) mass is 314 g/mol. The van der Waals surface area contributed by atoms with Crippen LogP contribution in [0.3, 0.4) is 0 Å². The molecule has 0 fully saturated rings. The number of ether oxygens (including phenoxy) is 1. The molecule has 0 saturated carbocycles. The molecule has 1 nitrogen and oxygen atoms in total. The van der Waals surface area contributed by atoms with Crippen LogP contribution in [-0.2, 0) is 6.61 Å². The van der Waals surface area contributed by atoms with E-state index in [1.165, 1.54) is 6.07 Å². The van der Waals surface area contributed by atoms with E-state index in [9.17, 15) is 4.39 Å². The van der Waals surface area contributed by atoms with Crippen LogP contribution >= 0.6 is 27.5 Å². The Balaban J connectivity index is 2.04. The van der Waals surface area contributed by atoms with Crippen LogP contribution in [0.15, 0.2) is 46.9 Å². The highest BCUT2D eigenvalue weighted by Crippen LogP contribution is 2.22. The molecule has 0 bridgehead atoms. The predicted octanol–water partition coefficient (Wildman–Crippen LogP) is 4.82. The molecule has 0 saturated heterocycles. The predicted molar refractivity (Wildman–Crippen MR) is 69.9 cm³/mol. The van der Waals surface area contributed by atoms with Crippen LogP contribution in [0, 0.1) is 5.82 Å². The maximum Gasteiger partial charge on any atom is 0.166 e. The molecule has 0 aliphatic carbocycles. The fourth-order valence-corrected chi connectivity index (χ4v) is 1.79. The smallest absolute Gasteiger partial charge is 0.166 e. The average Bonchev–Trinajstić information content (AvgIpc) is 2.30. The zero-order valence-corrected chi connectivity index (χ0v) is 11.1. The molecule has 4 heteroatoms. The Morgan fingerprint density at radius 1 is 1.12 bits per heavy atom. The van der Waals surface area contributed by atoms with Gasteiger partial charge in [-0.15, -0.1) is 0 Å². The van der Waals surface area contributed by atoms with Gasteiger partial charge in [0.2, 0.25) is 0 Å². The van der Waals surface area contributed by atoms with E-state index in [-0.39, 0.29) is 11.6 Å². The molecular formula is C13H9BrClFO. The average molecular weight is 316 g/mol. The van der Waals surface area contributed by atoms with Gasteiger partial charge < -0.3 is 4.74 Å². The number of benzene rings is 2. The van der Waals surface area contributed by atoms with Gasteiger partial charge in [0.15, 0.2) is 11.6 Å². The van der Waals surface area contributed by atoms with Crippen molar-refractivity contribution < 1.29 is 9.13 Å². The Bertz CT molecular complexity index is 513. The van der Waals surface area contributed by atoms with Gasteiger partial charge in [-0.3, -0.25) is 0 Å². The van der Waals surface area contributed by atoms with Crippen LogP contribution < -0.4 is 4.74 Å². The summed E-state index contributed by atoms with van der Waals surface area (Å²) >= 11 is 8.96. The minimum Gasteiger partial charge on any atom is -0.486 e. The van der Waals surface area contributed by atoms with Gasteiger partial charge in [0.1, 0.15) is 6.61 Å². The van der Waals surface area contributed by atoms with Gasteiger partial charge in [-0.05, 0) is 35.9 Å². The van der Waals surface area contributed by atoms with E-state index in [2.05, 4.69) is 15.9 Å². The van der Waals surface area contributed by atoms with Crippen molar-refractivity contribution in [3.05, 3.63) is 63.3 Å². The number of rotatable bonds is 3. The molecule has 0 aromatic heterocycles. The highest BCUT2D eigenvalue weighted by molar-refractivity contribution is 9.10. The van der Waals surface area contributed by atoms with Crippen molar-refractivity contribution in [3.63, 3.8) is 0 Å². The van der Waals surface area contributed by atoms with Crippen LogP contribution in [0.5, 0.6) is 5.75 Å². The molecule has 0 heterocycles. The number of hydrogen-bond acceptors (Lipinski definition) is 1. The fraction of sp³-hybridized carbons (Fsp3) is 0.0769. The Morgan fingerprint density at radius 3 is 2.47 bits per heavy atom. The zero-order valence-electron chi connectivity index (χ0n) is 8.79. The summed E-state index contributed by atoms with van der Waals surface area (Å²) in [6.07, 6.45) is 0. The van der Waals surface area contributed by atoms with Gasteiger partial charge in [-0.25, -0.2) is 4.39 Å². The first-order chi connectivity index (χ1) is 8.15. The molecule has 0 N–H and O–H groups in total. The molecule has 0 aliphatic rings. The lowest BCUT2D eigenvalue weighted by molar-refractivity contribution is 0.290. The third kappa shape index (κ3) is 3.45. The molecule has 2 rings (SSSR count). The van der Waals surface area contributed by atoms with Gasteiger partial charge in [0.25, 0.3) is 0 Å². The molecule has 2 aromatic rings. The lowest BCUT2D eigenvalue weighted by Crippen LogP contribution is -1.97. The second kappa shape index (κ2) is 5.52. The van der Waals surface area contributed by atoms with Crippen molar-refractivity contribution in [2.75, 3.05) is 0 Å². The topological polar surface area (TPSA) is 9.23 Å². The van der Waals surface area contributed by atoms with E-state index in [4.69, 9.17) is 16.3 Å². The normalized spacial score (nSPS) is 10.3. The highest BCUT2D eigenvalue weighted by Gasteiger charge is 2.04. The molecule has 0 amide bonds.